The molecular weight excluding hydrogens is 550 g/mol. The zero-order valence-electron chi connectivity index (χ0n) is 21.1. The number of nitriles is 1. The van der Waals surface area contributed by atoms with Crippen molar-refractivity contribution < 1.29 is 22.0 Å². The van der Waals surface area contributed by atoms with Crippen LogP contribution in [0.2, 0.25) is 0 Å². The zero-order chi connectivity index (χ0) is 27.6. The van der Waals surface area contributed by atoms with Gasteiger partial charge in [-0.1, -0.05) is 24.7 Å². The molecule has 1 aromatic carbocycles. The van der Waals surface area contributed by atoms with Gasteiger partial charge in [-0.3, -0.25) is 4.79 Å². The van der Waals surface area contributed by atoms with Crippen LogP contribution in [0, 0.1) is 16.7 Å². The van der Waals surface area contributed by atoms with Crippen molar-refractivity contribution >= 4 is 43.9 Å². The fourth-order valence-electron chi connectivity index (χ4n) is 5.18. The van der Waals surface area contributed by atoms with E-state index >= 15 is 0 Å². The molecule has 2 aromatic heterocycles. The minimum Gasteiger partial charge on any atom is -0.367 e. The lowest BCUT2D eigenvalue weighted by atomic mass is 9.69. The summed E-state index contributed by atoms with van der Waals surface area (Å²) in [7, 11) is -4.10. The molecule has 0 radical (unpaired) electrons. The van der Waals surface area contributed by atoms with Crippen LogP contribution in [0.25, 0.3) is 16.0 Å². The van der Waals surface area contributed by atoms with Crippen LogP contribution in [0.4, 0.5) is 14.5 Å². The first kappa shape index (κ1) is 26.0. The number of anilines is 1. The summed E-state index contributed by atoms with van der Waals surface area (Å²) in [5.41, 5.74) is -0.480. The monoisotopic (exact) mass is 576 g/mol. The van der Waals surface area contributed by atoms with Gasteiger partial charge >= 0.3 is 0 Å². The number of rotatable bonds is 7. The number of nitrogens with one attached hydrogen (secondary N) is 1. The molecule has 15 heteroatoms. The Morgan fingerprint density at radius 3 is 2.44 bits per heavy atom. The number of fused-ring (bicyclic) bond motifs is 1. The quantitative estimate of drug-likeness (QED) is 0.453. The summed E-state index contributed by atoms with van der Waals surface area (Å²) in [5, 5.41) is 21.4. The summed E-state index contributed by atoms with van der Waals surface area (Å²) in [6.45, 7) is 3.95. The number of benzene rings is 1. The molecule has 2 saturated carbocycles. The molecule has 11 nitrogen and oxygen atoms in total. The van der Waals surface area contributed by atoms with Crippen LogP contribution in [-0.2, 0) is 14.8 Å². The van der Waals surface area contributed by atoms with Gasteiger partial charge in [-0.25, -0.2) is 21.9 Å². The van der Waals surface area contributed by atoms with Crippen LogP contribution < -0.4 is 9.62 Å². The Labute approximate surface area is 227 Å². The van der Waals surface area contributed by atoms with Gasteiger partial charge in [-0.15, -0.1) is 10.2 Å². The number of alkyl halides is 2. The Hall–Kier alpha value is -3.22. The van der Waals surface area contributed by atoms with E-state index in [0.29, 0.717) is 66.9 Å². The molecule has 6 rings (SSSR count). The lowest BCUT2D eigenvalue weighted by molar-refractivity contribution is -0.146. The van der Waals surface area contributed by atoms with Crippen LogP contribution in [-0.4, -0.2) is 70.9 Å². The van der Waals surface area contributed by atoms with Crippen molar-refractivity contribution in [3.05, 3.63) is 23.3 Å². The number of aromatic nitrogens is 4. The van der Waals surface area contributed by atoms with E-state index in [1.165, 1.54) is 10.7 Å². The van der Waals surface area contributed by atoms with E-state index in [9.17, 15) is 27.3 Å². The highest BCUT2D eigenvalue weighted by molar-refractivity contribution is 7.89. The van der Waals surface area contributed by atoms with Crippen molar-refractivity contribution in [3.8, 4) is 11.2 Å². The van der Waals surface area contributed by atoms with Gasteiger partial charge in [-0.05, 0) is 37.8 Å². The second kappa shape index (κ2) is 9.17. The third-order valence-electron chi connectivity index (χ3n) is 7.92. The van der Waals surface area contributed by atoms with E-state index in [2.05, 4.69) is 20.0 Å². The molecule has 1 N–H and O–H groups in total. The second-order valence-corrected chi connectivity index (χ2v) is 13.3. The molecule has 39 heavy (non-hydrogen) atoms. The zero-order valence-corrected chi connectivity index (χ0v) is 22.7. The van der Waals surface area contributed by atoms with Crippen molar-refractivity contribution in [2.24, 2.45) is 5.41 Å². The van der Waals surface area contributed by atoms with Crippen molar-refractivity contribution in [3.63, 3.8) is 0 Å². The van der Waals surface area contributed by atoms with Gasteiger partial charge in [0.05, 0.1) is 22.7 Å². The molecule has 206 valence electrons. The molecule has 0 atom stereocenters. The van der Waals surface area contributed by atoms with Crippen molar-refractivity contribution in [2.45, 2.75) is 55.9 Å². The fraction of sp³-hybridized carbons (Fsp3) is 0.542. The smallest absolute Gasteiger partial charge is 0.291 e. The first-order valence-corrected chi connectivity index (χ1v) is 15.0. The Morgan fingerprint density at radius 1 is 1.15 bits per heavy atom. The number of nitrogens with zero attached hydrogens (tertiary/aromatic N) is 7. The minimum atomic E-state index is -4.10. The van der Waals surface area contributed by atoms with Gasteiger partial charge in [-0.2, -0.15) is 15.1 Å². The number of hydrogen-bond acceptors (Lipinski definition) is 9. The van der Waals surface area contributed by atoms with E-state index in [1.807, 2.05) is 22.8 Å². The number of hydrogen-bond donors (Lipinski definition) is 1. The maximum Gasteiger partial charge on any atom is 0.291 e. The molecule has 0 bridgehead atoms. The molecular formula is C24H26F2N8O3S2. The number of carbonyl (C=O) groups excluding carboxylic acids is 1. The van der Waals surface area contributed by atoms with Gasteiger partial charge in [0.15, 0.2) is 5.01 Å². The van der Waals surface area contributed by atoms with Crippen LogP contribution in [0.15, 0.2) is 23.2 Å². The standard InChI is InChI=1S/C24H26F2N8O3S2/c1-23(3-2-4-23)21(35)33-9-7-32(8-10-33)17-11-15(39(36,37)31-24(14-27)5-6-24)12-18-16(17)13-28-34(18)22-30-29-20(38-22)19(25)26/h11-13,19,31H,2-10H2,1H3. The molecule has 1 amide bonds. The lowest BCUT2D eigenvalue weighted by Crippen LogP contribution is -2.54. The summed E-state index contributed by atoms with van der Waals surface area (Å²) in [5.74, 6) is 0.157. The van der Waals surface area contributed by atoms with Gasteiger partial charge < -0.3 is 9.80 Å². The predicted molar refractivity (Wildman–Crippen MR) is 138 cm³/mol. The third-order valence-corrected chi connectivity index (χ3v) is 10.3. The second-order valence-electron chi connectivity index (χ2n) is 10.6. The average Bonchev–Trinajstić information content (AvgIpc) is 3.28. The summed E-state index contributed by atoms with van der Waals surface area (Å²) in [6.07, 6.45) is 2.43. The van der Waals surface area contributed by atoms with Crippen LogP contribution in [0.5, 0.6) is 0 Å². The highest BCUT2D eigenvalue weighted by Crippen LogP contribution is 2.42. The first-order chi connectivity index (χ1) is 18.5. The predicted octanol–water partition coefficient (Wildman–Crippen LogP) is 2.99. The van der Waals surface area contributed by atoms with Crippen LogP contribution in [0.3, 0.4) is 0 Å². The third kappa shape index (κ3) is 4.53. The Bertz CT molecular complexity index is 1600. The summed E-state index contributed by atoms with van der Waals surface area (Å²) in [6, 6.07) is 4.98. The fourth-order valence-corrected chi connectivity index (χ4v) is 7.27. The Morgan fingerprint density at radius 2 is 1.87 bits per heavy atom. The number of carbonyl (C=O) groups is 1. The summed E-state index contributed by atoms with van der Waals surface area (Å²) in [4.78, 5) is 16.8. The average molecular weight is 577 g/mol. The maximum absolute atomic E-state index is 13.4. The van der Waals surface area contributed by atoms with Gasteiger partial charge in [0.2, 0.25) is 21.1 Å². The van der Waals surface area contributed by atoms with E-state index in [4.69, 9.17) is 0 Å². The highest BCUT2D eigenvalue weighted by Gasteiger charge is 2.47. The van der Waals surface area contributed by atoms with Crippen molar-refractivity contribution in [2.75, 3.05) is 31.1 Å². The van der Waals surface area contributed by atoms with Crippen molar-refractivity contribution in [1.82, 2.24) is 29.6 Å². The molecule has 3 aromatic rings. The first-order valence-electron chi connectivity index (χ1n) is 12.7. The lowest BCUT2D eigenvalue weighted by Gasteiger charge is -2.44. The molecule has 2 aliphatic carbocycles. The van der Waals surface area contributed by atoms with Crippen molar-refractivity contribution in [1.29, 1.82) is 5.26 Å². The number of amides is 1. The summed E-state index contributed by atoms with van der Waals surface area (Å²) < 4.78 is 57.0. The van der Waals surface area contributed by atoms with Crippen LogP contribution >= 0.6 is 11.3 Å². The van der Waals surface area contributed by atoms with Gasteiger partial charge in [0.25, 0.3) is 6.43 Å². The van der Waals surface area contributed by atoms with Crippen LogP contribution in [0.1, 0.15) is 50.5 Å². The van der Waals surface area contributed by atoms with E-state index in [-0.39, 0.29) is 21.3 Å². The van der Waals surface area contributed by atoms with E-state index < -0.39 is 27.0 Å². The topological polar surface area (TPSA) is 137 Å². The molecule has 3 aliphatic rings. The molecule has 0 spiro atoms. The van der Waals surface area contributed by atoms with Gasteiger partial charge in [0, 0.05) is 42.7 Å². The minimum absolute atomic E-state index is 0.0765. The van der Waals surface area contributed by atoms with Gasteiger partial charge in [0.1, 0.15) is 5.54 Å². The number of halogens is 2. The Balaban J connectivity index is 1.38. The normalized spacial score (nSPS) is 20.2. The molecule has 3 fully saturated rings. The summed E-state index contributed by atoms with van der Waals surface area (Å²) >= 11 is 0.668. The number of sulfonamides is 1. The number of piperazine rings is 1. The van der Waals surface area contributed by atoms with E-state index in [0.717, 1.165) is 19.3 Å². The molecule has 0 unspecified atom stereocenters. The Kier molecular flexibility index (Phi) is 6.12. The SMILES string of the molecule is CC1(C(=O)N2CCN(c3cc(S(=O)(=O)NC4(C#N)CC4)cc4c3cnn4-c3nnc(C(F)F)s3)CC2)CCC1. The highest BCUT2D eigenvalue weighted by atomic mass is 32.2. The van der Waals surface area contributed by atoms with E-state index in [1.54, 1.807) is 12.3 Å². The molecule has 1 saturated heterocycles. The molecule has 3 heterocycles. The largest absolute Gasteiger partial charge is 0.367 e. The molecule has 1 aliphatic heterocycles. The maximum atomic E-state index is 13.4.